The fraction of sp³-hybridized carbons (Fsp3) is 0.684. The molecule has 1 aliphatic rings. The second-order valence-electron chi connectivity index (χ2n) is 7.86. The number of rotatable bonds is 3. The predicted octanol–water partition coefficient (Wildman–Crippen LogP) is 5.17. The summed E-state index contributed by atoms with van der Waals surface area (Å²) in [6.07, 6.45) is 3.98. The number of hydrogen-bond donors (Lipinski definition) is 1. The van der Waals surface area contributed by atoms with Crippen LogP contribution >= 0.6 is 0 Å². The minimum atomic E-state index is 0.445. The molecule has 112 valence electrons. The number of benzene rings is 1. The fourth-order valence-electron chi connectivity index (χ4n) is 4.14. The van der Waals surface area contributed by atoms with Gasteiger partial charge in [-0.2, -0.15) is 0 Å². The van der Waals surface area contributed by atoms with Crippen molar-refractivity contribution in [3.8, 4) is 0 Å². The van der Waals surface area contributed by atoms with Crippen LogP contribution in [0.4, 0.5) is 0 Å². The lowest BCUT2D eigenvalue weighted by Crippen LogP contribution is -2.41. The summed E-state index contributed by atoms with van der Waals surface area (Å²) in [5, 5.41) is 3.89. The maximum absolute atomic E-state index is 3.89. The van der Waals surface area contributed by atoms with Gasteiger partial charge in [0.2, 0.25) is 0 Å². The molecule has 2 rings (SSSR count). The molecular weight excluding hydrogens is 242 g/mol. The van der Waals surface area contributed by atoms with Crippen LogP contribution in [0, 0.1) is 25.2 Å². The highest BCUT2D eigenvalue weighted by atomic mass is 15.0. The summed E-state index contributed by atoms with van der Waals surface area (Å²) >= 11 is 0. The van der Waals surface area contributed by atoms with Crippen molar-refractivity contribution in [2.75, 3.05) is 0 Å². The second-order valence-corrected chi connectivity index (χ2v) is 7.86. The first-order valence-electron chi connectivity index (χ1n) is 8.10. The summed E-state index contributed by atoms with van der Waals surface area (Å²) in [6.45, 7) is 14.0. The van der Waals surface area contributed by atoms with Gasteiger partial charge < -0.3 is 5.32 Å². The highest BCUT2D eigenvalue weighted by Crippen LogP contribution is 2.39. The summed E-state index contributed by atoms with van der Waals surface area (Å²) in [5.74, 6) is 0.835. The maximum atomic E-state index is 3.89. The van der Waals surface area contributed by atoms with Crippen LogP contribution < -0.4 is 5.32 Å². The Kier molecular flexibility index (Phi) is 4.59. The van der Waals surface area contributed by atoms with Gasteiger partial charge in [-0.15, -0.1) is 0 Å². The molecule has 0 bridgehead atoms. The van der Waals surface area contributed by atoms with Gasteiger partial charge in [-0.1, -0.05) is 44.5 Å². The molecule has 1 nitrogen and oxygen atoms in total. The molecule has 1 aromatic carbocycles. The second kappa shape index (κ2) is 5.89. The summed E-state index contributed by atoms with van der Waals surface area (Å²) in [5.41, 5.74) is 4.70. The van der Waals surface area contributed by atoms with Crippen molar-refractivity contribution >= 4 is 0 Å². The SMILES string of the molecule is Cc1ccc(C)c(C(C)NC2CC(C)CC(C)(C)C2)c1. The lowest BCUT2D eigenvalue weighted by Gasteiger charge is -2.40. The van der Waals surface area contributed by atoms with Gasteiger partial charge in [-0.25, -0.2) is 0 Å². The number of aryl methyl sites for hydroxylation is 2. The van der Waals surface area contributed by atoms with Crippen molar-refractivity contribution in [2.45, 2.75) is 72.9 Å². The summed E-state index contributed by atoms with van der Waals surface area (Å²) in [6, 6.07) is 7.89. The third-order valence-corrected chi connectivity index (χ3v) is 4.77. The topological polar surface area (TPSA) is 12.0 Å². The smallest absolute Gasteiger partial charge is 0.0297 e. The van der Waals surface area contributed by atoms with Gasteiger partial charge in [-0.3, -0.25) is 0 Å². The van der Waals surface area contributed by atoms with E-state index in [0.717, 1.165) is 5.92 Å². The van der Waals surface area contributed by atoms with Gasteiger partial charge in [-0.05, 0) is 62.5 Å². The molecular formula is C19H31N. The van der Waals surface area contributed by atoms with Gasteiger partial charge in [0.15, 0.2) is 0 Å². The fourth-order valence-corrected chi connectivity index (χ4v) is 4.14. The molecule has 1 N–H and O–H groups in total. The lowest BCUT2D eigenvalue weighted by atomic mass is 9.70. The molecule has 0 aliphatic heterocycles. The molecule has 1 aromatic rings. The summed E-state index contributed by atoms with van der Waals surface area (Å²) in [7, 11) is 0. The zero-order valence-electron chi connectivity index (χ0n) is 14.1. The molecule has 20 heavy (non-hydrogen) atoms. The van der Waals surface area contributed by atoms with Crippen molar-refractivity contribution < 1.29 is 0 Å². The first-order valence-corrected chi connectivity index (χ1v) is 8.10. The third-order valence-electron chi connectivity index (χ3n) is 4.77. The molecule has 1 heteroatoms. The van der Waals surface area contributed by atoms with Crippen LogP contribution in [0.25, 0.3) is 0 Å². The van der Waals surface area contributed by atoms with Crippen LogP contribution in [0.3, 0.4) is 0 Å². The minimum absolute atomic E-state index is 0.445. The maximum Gasteiger partial charge on any atom is 0.0297 e. The van der Waals surface area contributed by atoms with Crippen molar-refractivity contribution in [1.29, 1.82) is 0 Å². The van der Waals surface area contributed by atoms with Crippen molar-refractivity contribution in [2.24, 2.45) is 11.3 Å². The standard InChI is InChI=1S/C19H31N/c1-13-7-8-15(3)18(10-13)16(4)20-17-9-14(2)11-19(5,6)12-17/h7-8,10,14,16-17,20H,9,11-12H2,1-6H3. The number of hydrogen-bond acceptors (Lipinski definition) is 1. The van der Waals surface area contributed by atoms with Gasteiger partial charge >= 0.3 is 0 Å². The third kappa shape index (κ3) is 3.85. The van der Waals surface area contributed by atoms with Crippen LogP contribution in [0.15, 0.2) is 18.2 Å². The normalized spacial score (nSPS) is 27.3. The Morgan fingerprint density at radius 1 is 1.20 bits per heavy atom. The van der Waals surface area contributed by atoms with Gasteiger partial charge in [0, 0.05) is 12.1 Å². The van der Waals surface area contributed by atoms with Crippen LogP contribution in [-0.4, -0.2) is 6.04 Å². The Hall–Kier alpha value is -0.820. The van der Waals surface area contributed by atoms with E-state index < -0.39 is 0 Å². The molecule has 0 saturated heterocycles. The lowest BCUT2D eigenvalue weighted by molar-refractivity contribution is 0.145. The summed E-state index contributed by atoms with van der Waals surface area (Å²) in [4.78, 5) is 0. The van der Waals surface area contributed by atoms with Gasteiger partial charge in [0.1, 0.15) is 0 Å². The Bertz CT molecular complexity index is 461. The van der Waals surface area contributed by atoms with E-state index in [-0.39, 0.29) is 0 Å². The van der Waals surface area contributed by atoms with E-state index in [1.165, 1.54) is 36.0 Å². The van der Waals surface area contributed by atoms with Crippen LogP contribution in [-0.2, 0) is 0 Å². The summed E-state index contributed by atoms with van der Waals surface area (Å²) < 4.78 is 0. The number of nitrogens with one attached hydrogen (secondary N) is 1. The first kappa shape index (κ1) is 15.6. The Labute approximate surface area is 125 Å². The first-order chi connectivity index (χ1) is 9.27. The molecule has 1 saturated carbocycles. The van der Waals surface area contributed by atoms with Crippen molar-refractivity contribution in [3.63, 3.8) is 0 Å². The predicted molar refractivity (Wildman–Crippen MR) is 88.1 cm³/mol. The van der Waals surface area contributed by atoms with Crippen LogP contribution in [0.2, 0.25) is 0 Å². The van der Waals surface area contributed by atoms with E-state index in [1.807, 2.05) is 0 Å². The van der Waals surface area contributed by atoms with E-state index in [0.29, 0.717) is 17.5 Å². The molecule has 0 heterocycles. The molecule has 3 atom stereocenters. The molecule has 0 radical (unpaired) electrons. The van der Waals surface area contributed by atoms with E-state index in [2.05, 4.69) is 65.1 Å². The highest BCUT2D eigenvalue weighted by Gasteiger charge is 2.32. The van der Waals surface area contributed by atoms with E-state index >= 15 is 0 Å². The average molecular weight is 273 g/mol. The van der Waals surface area contributed by atoms with Crippen LogP contribution in [0.5, 0.6) is 0 Å². The molecule has 0 spiro atoms. The Balaban J connectivity index is 2.07. The van der Waals surface area contributed by atoms with Crippen LogP contribution in [0.1, 0.15) is 69.7 Å². The Morgan fingerprint density at radius 3 is 2.55 bits per heavy atom. The van der Waals surface area contributed by atoms with E-state index in [9.17, 15) is 0 Å². The van der Waals surface area contributed by atoms with Gasteiger partial charge in [0.25, 0.3) is 0 Å². The van der Waals surface area contributed by atoms with Crippen molar-refractivity contribution in [1.82, 2.24) is 5.32 Å². The zero-order valence-corrected chi connectivity index (χ0v) is 14.1. The molecule has 0 aromatic heterocycles. The van der Waals surface area contributed by atoms with Gasteiger partial charge in [0.05, 0.1) is 0 Å². The van der Waals surface area contributed by atoms with Crippen molar-refractivity contribution in [3.05, 3.63) is 34.9 Å². The molecule has 0 amide bonds. The quantitative estimate of drug-likeness (QED) is 0.801. The minimum Gasteiger partial charge on any atom is -0.307 e. The molecule has 1 fully saturated rings. The average Bonchev–Trinajstić information content (AvgIpc) is 2.29. The molecule has 3 unspecified atom stereocenters. The molecule has 1 aliphatic carbocycles. The largest absolute Gasteiger partial charge is 0.307 e. The monoisotopic (exact) mass is 273 g/mol. The zero-order chi connectivity index (χ0) is 14.9. The van der Waals surface area contributed by atoms with E-state index in [1.54, 1.807) is 0 Å². The highest BCUT2D eigenvalue weighted by molar-refractivity contribution is 5.32. The Morgan fingerprint density at radius 2 is 1.90 bits per heavy atom. The van der Waals surface area contributed by atoms with E-state index in [4.69, 9.17) is 0 Å².